The number of carboxylic acid groups (broad SMARTS) is 1. The van der Waals surface area contributed by atoms with Crippen LogP contribution in [-0.2, 0) is 19.1 Å². The van der Waals surface area contributed by atoms with Crippen LogP contribution in [0.1, 0.15) is 13.8 Å². The summed E-state index contributed by atoms with van der Waals surface area (Å²) in [6, 6.07) is 0. The van der Waals surface area contributed by atoms with Gasteiger partial charge in [-0.2, -0.15) is 0 Å². The number of esters is 2. The number of rotatable bonds is 2. The van der Waals surface area contributed by atoms with Gasteiger partial charge in [-0.1, -0.05) is 13.8 Å². The minimum absolute atomic E-state index is 0.187. The maximum absolute atomic E-state index is 11.4. The van der Waals surface area contributed by atoms with Gasteiger partial charge in [-0.15, -0.1) is 0 Å². The molecule has 3 unspecified atom stereocenters. The Morgan fingerprint density at radius 1 is 1.50 bits per heavy atom. The van der Waals surface area contributed by atoms with Crippen LogP contribution in [0.2, 0.25) is 0 Å². The molecule has 0 aromatic carbocycles. The van der Waals surface area contributed by atoms with Gasteiger partial charge in [-0.3, -0.25) is 14.4 Å². The van der Waals surface area contributed by atoms with Crippen LogP contribution in [0, 0.1) is 23.2 Å². The molecule has 2 rings (SSSR count). The lowest BCUT2D eigenvalue weighted by Gasteiger charge is -2.13. The van der Waals surface area contributed by atoms with Crippen LogP contribution in [0.4, 0.5) is 0 Å². The van der Waals surface area contributed by atoms with Gasteiger partial charge < -0.3 is 9.84 Å². The van der Waals surface area contributed by atoms with E-state index < -0.39 is 35.2 Å². The van der Waals surface area contributed by atoms with Crippen molar-refractivity contribution in [2.45, 2.75) is 13.8 Å². The Hall–Kier alpha value is -1.39. The third kappa shape index (κ3) is 0.731. The molecule has 3 atom stereocenters. The average Bonchev–Trinajstić information content (AvgIpc) is 2.67. The molecule has 2 aliphatic rings. The lowest BCUT2D eigenvalue weighted by Crippen LogP contribution is -2.26. The Morgan fingerprint density at radius 3 is 2.36 bits per heavy atom. The van der Waals surface area contributed by atoms with Crippen molar-refractivity contribution >= 4 is 17.9 Å². The maximum atomic E-state index is 11.4. The van der Waals surface area contributed by atoms with Gasteiger partial charge in [0.25, 0.3) is 0 Å². The molecular weight excluding hydrogens is 188 g/mol. The third-order valence-corrected chi connectivity index (χ3v) is 3.28. The molecule has 0 aromatic rings. The lowest BCUT2D eigenvalue weighted by molar-refractivity contribution is -0.162. The van der Waals surface area contributed by atoms with Gasteiger partial charge in [0.2, 0.25) is 0 Å². The number of carbonyl (C=O) groups is 3. The summed E-state index contributed by atoms with van der Waals surface area (Å²) >= 11 is 0. The predicted octanol–water partition coefficient (Wildman–Crippen LogP) is 0.0428. The van der Waals surface area contributed by atoms with Crippen LogP contribution in [-0.4, -0.2) is 23.0 Å². The first-order valence-electron chi connectivity index (χ1n) is 4.43. The summed E-state index contributed by atoms with van der Waals surface area (Å²) in [5.74, 6) is -4.27. The van der Waals surface area contributed by atoms with E-state index in [1.54, 1.807) is 13.8 Å². The fourth-order valence-corrected chi connectivity index (χ4v) is 2.54. The summed E-state index contributed by atoms with van der Waals surface area (Å²) in [5.41, 5.74) is -1.08. The van der Waals surface area contributed by atoms with E-state index in [0.717, 1.165) is 0 Å². The van der Waals surface area contributed by atoms with Crippen molar-refractivity contribution in [1.29, 1.82) is 0 Å². The second-order valence-corrected chi connectivity index (χ2v) is 4.09. The molecule has 1 aliphatic heterocycles. The Labute approximate surface area is 80.0 Å². The summed E-state index contributed by atoms with van der Waals surface area (Å²) in [7, 11) is 0. The highest BCUT2D eigenvalue weighted by Crippen LogP contribution is 2.67. The molecule has 5 heteroatoms. The molecule has 1 saturated carbocycles. The van der Waals surface area contributed by atoms with Crippen molar-refractivity contribution in [2.75, 3.05) is 0 Å². The van der Waals surface area contributed by atoms with E-state index in [0.29, 0.717) is 0 Å². The van der Waals surface area contributed by atoms with Crippen LogP contribution < -0.4 is 0 Å². The maximum Gasteiger partial charge on any atom is 0.321 e. The van der Waals surface area contributed by atoms with E-state index in [2.05, 4.69) is 4.74 Å². The predicted molar refractivity (Wildman–Crippen MR) is 43.0 cm³/mol. The molecule has 1 aliphatic carbocycles. The Morgan fingerprint density at radius 2 is 2.07 bits per heavy atom. The van der Waals surface area contributed by atoms with E-state index in [4.69, 9.17) is 5.11 Å². The summed E-state index contributed by atoms with van der Waals surface area (Å²) in [6.07, 6.45) is 0. The first kappa shape index (κ1) is 9.18. The summed E-state index contributed by atoms with van der Waals surface area (Å²) in [4.78, 5) is 33.4. The third-order valence-electron chi connectivity index (χ3n) is 3.28. The van der Waals surface area contributed by atoms with Crippen LogP contribution in [0.5, 0.6) is 0 Å². The Kier molecular flexibility index (Phi) is 1.54. The van der Waals surface area contributed by atoms with Crippen LogP contribution >= 0.6 is 0 Å². The number of fused-ring (bicyclic) bond motifs is 1. The molecule has 1 saturated heterocycles. The van der Waals surface area contributed by atoms with Crippen molar-refractivity contribution in [2.24, 2.45) is 23.2 Å². The highest BCUT2D eigenvalue weighted by molar-refractivity contribution is 6.10. The number of cyclic esters (lactones) is 2. The lowest BCUT2D eigenvalue weighted by atomic mass is 9.89. The number of carboxylic acids is 1. The van der Waals surface area contributed by atoms with Crippen molar-refractivity contribution in [3.05, 3.63) is 0 Å². The first-order valence-corrected chi connectivity index (χ1v) is 4.43. The first-order chi connectivity index (χ1) is 6.44. The molecule has 0 amide bonds. The van der Waals surface area contributed by atoms with Crippen LogP contribution in [0.25, 0.3) is 0 Å². The molecule has 0 radical (unpaired) electrons. The largest absolute Gasteiger partial charge is 0.481 e. The number of carbonyl (C=O) groups excluding carboxylic acids is 2. The van der Waals surface area contributed by atoms with E-state index in [-0.39, 0.29) is 5.92 Å². The highest BCUT2D eigenvalue weighted by atomic mass is 16.6. The smallest absolute Gasteiger partial charge is 0.321 e. The van der Waals surface area contributed by atoms with Crippen molar-refractivity contribution in [1.82, 2.24) is 0 Å². The van der Waals surface area contributed by atoms with Gasteiger partial charge >= 0.3 is 17.9 Å². The normalized spacial score (nSPS) is 39.6. The minimum Gasteiger partial charge on any atom is -0.481 e. The summed E-state index contributed by atoms with van der Waals surface area (Å²) < 4.78 is 4.43. The second-order valence-electron chi connectivity index (χ2n) is 4.09. The van der Waals surface area contributed by atoms with Crippen molar-refractivity contribution in [3.63, 3.8) is 0 Å². The molecule has 2 fully saturated rings. The molecule has 0 spiro atoms. The molecule has 14 heavy (non-hydrogen) atoms. The van der Waals surface area contributed by atoms with Gasteiger partial charge in [0.05, 0.1) is 17.3 Å². The van der Waals surface area contributed by atoms with Crippen LogP contribution in [0.3, 0.4) is 0 Å². The zero-order chi connectivity index (χ0) is 10.7. The number of aliphatic carboxylic acids is 1. The van der Waals surface area contributed by atoms with E-state index in [9.17, 15) is 14.4 Å². The van der Waals surface area contributed by atoms with Gasteiger partial charge in [-0.25, -0.2) is 0 Å². The quantitative estimate of drug-likeness (QED) is 0.500. The standard InChI is InChI=1S/C9H10O5/c1-3(2)9-4(6(10)11)5(9)7(12)14-8(9)13/h3-5H,1-2H3,(H,10,11). The van der Waals surface area contributed by atoms with E-state index in [1.165, 1.54) is 0 Å². The Balaban J connectivity index is 2.42. The molecule has 1 N–H and O–H groups in total. The van der Waals surface area contributed by atoms with Crippen molar-refractivity contribution < 1.29 is 24.2 Å². The molecule has 5 nitrogen and oxygen atoms in total. The molecule has 0 bridgehead atoms. The van der Waals surface area contributed by atoms with Gasteiger partial charge in [0, 0.05) is 0 Å². The van der Waals surface area contributed by atoms with E-state index in [1.807, 2.05) is 0 Å². The van der Waals surface area contributed by atoms with Gasteiger partial charge in [0.15, 0.2) is 0 Å². The number of hydrogen-bond acceptors (Lipinski definition) is 4. The molecule has 1 heterocycles. The SMILES string of the molecule is CC(C)C12C(=O)OC(=O)C1C2C(=O)O. The zero-order valence-corrected chi connectivity index (χ0v) is 7.81. The fourth-order valence-electron chi connectivity index (χ4n) is 2.54. The van der Waals surface area contributed by atoms with E-state index >= 15 is 0 Å². The summed E-state index contributed by atoms with van der Waals surface area (Å²) in [6.45, 7) is 3.46. The number of hydrogen-bond donors (Lipinski definition) is 1. The zero-order valence-electron chi connectivity index (χ0n) is 7.81. The minimum atomic E-state index is -1.09. The van der Waals surface area contributed by atoms with Gasteiger partial charge in [-0.05, 0) is 5.92 Å². The van der Waals surface area contributed by atoms with Gasteiger partial charge in [0.1, 0.15) is 0 Å². The topological polar surface area (TPSA) is 80.7 Å². The molecule has 76 valence electrons. The fraction of sp³-hybridized carbons (Fsp3) is 0.667. The molecule has 0 aromatic heterocycles. The monoisotopic (exact) mass is 198 g/mol. The number of ether oxygens (including phenoxy) is 1. The molecular formula is C9H10O5. The average molecular weight is 198 g/mol. The second kappa shape index (κ2) is 2.34. The van der Waals surface area contributed by atoms with Crippen molar-refractivity contribution in [3.8, 4) is 0 Å². The summed E-state index contributed by atoms with van der Waals surface area (Å²) in [5, 5.41) is 8.85. The Bertz CT molecular complexity index is 339. The van der Waals surface area contributed by atoms with Crippen LogP contribution in [0.15, 0.2) is 0 Å². The highest BCUT2D eigenvalue weighted by Gasteiger charge is 2.83.